The van der Waals surface area contributed by atoms with Gasteiger partial charge in [-0.3, -0.25) is 9.59 Å². The molecule has 3 aromatic heterocycles. The molecule has 0 unspecified atom stereocenters. The van der Waals surface area contributed by atoms with Crippen LogP contribution < -0.4 is 20.8 Å². The predicted octanol–water partition coefficient (Wildman–Crippen LogP) is 5.46. The second kappa shape index (κ2) is 9.29. The van der Waals surface area contributed by atoms with Crippen LogP contribution in [0.5, 0.6) is 11.5 Å². The van der Waals surface area contributed by atoms with Crippen molar-refractivity contribution >= 4 is 34.1 Å². The van der Waals surface area contributed by atoms with E-state index in [1.54, 1.807) is 18.3 Å². The van der Waals surface area contributed by atoms with E-state index < -0.39 is 28.8 Å². The van der Waals surface area contributed by atoms with Crippen LogP contribution in [0.1, 0.15) is 10.4 Å². The minimum atomic E-state index is -1.01. The zero-order chi connectivity index (χ0) is 25.2. The molecule has 2 aromatic carbocycles. The highest BCUT2D eigenvalue weighted by atomic mass is 19.1. The normalized spacial score (nSPS) is 10.9. The van der Waals surface area contributed by atoms with Crippen LogP contribution in [-0.4, -0.2) is 20.9 Å². The molecular weight excluding hydrogens is 475 g/mol. The van der Waals surface area contributed by atoms with Gasteiger partial charge in [-0.15, -0.1) is 0 Å². The van der Waals surface area contributed by atoms with Crippen LogP contribution >= 0.6 is 0 Å². The average Bonchev–Trinajstić information content (AvgIpc) is 3.33. The maximum atomic E-state index is 14.9. The number of anilines is 3. The van der Waals surface area contributed by atoms with E-state index in [4.69, 9.17) is 4.74 Å². The van der Waals surface area contributed by atoms with Gasteiger partial charge >= 0.3 is 0 Å². The number of carbonyl (C=O) groups is 1. The van der Waals surface area contributed by atoms with E-state index >= 15 is 0 Å². The number of pyridine rings is 2. The van der Waals surface area contributed by atoms with Crippen molar-refractivity contribution < 1.29 is 22.7 Å². The van der Waals surface area contributed by atoms with Gasteiger partial charge in [-0.1, -0.05) is 0 Å². The van der Waals surface area contributed by atoms with Gasteiger partial charge in [0, 0.05) is 42.5 Å². The average molecular weight is 491 g/mol. The molecule has 11 heteroatoms. The van der Waals surface area contributed by atoms with Gasteiger partial charge in [-0.05, 0) is 36.4 Å². The van der Waals surface area contributed by atoms with Crippen molar-refractivity contribution in [3.8, 4) is 11.5 Å². The SMILES string of the molecule is O=C(Nc1ccc(F)cc1F)c1c(Nc2ccc(Oc3ccnc4[nH]ccc34)c(F)c2)[nH]ccc1=O. The number of benzene rings is 2. The molecule has 0 aliphatic rings. The van der Waals surface area contributed by atoms with E-state index in [9.17, 15) is 22.8 Å². The van der Waals surface area contributed by atoms with Crippen molar-refractivity contribution in [1.29, 1.82) is 0 Å². The number of nitrogens with one attached hydrogen (secondary N) is 4. The van der Waals surface area contributed by atoms with Crippen LogP contribution in [0, 0.1) is 17.5 Å². The molecule has 0 atom stereocenters. The second-order valence-corrected chi connectivity index (χ2v) is 7.59. The molecule has 5 rings (SSSR count). The van der Waals surface area contributed by atoms with Crippen LogP contribution in [0.2, 0.25) is 0 Å². The summed E-state index contributed by atoms with van der Waals surface area (Å²) in [6.45, 7) is 0. The fourth-order valence-corrected chi connectivity index (χ4v) is 3.53. The highest BCUT2D eigenvalue weighted by molar-refractivity contribution is 6.07. The molecule has 0 saturated carbocycles. The fourth-order valence-electron chi connectivity index (χ4n) is 3.53. The molecule has 0 radical (unpaired) electrons. The molecule has 3 heterocycles. The molecule has 0 saturated heterocycles. The van der Waals surface area contributed by atoms with Gasteiger partial charge in [0.25, 0.3) is 5.91 Å². The molecule has 0 aliphatic heterocycles. The summed E-state index contributed by atoms with van der Waals surface area (Å²) >= 11 is 0. The Hall–Kier alpha value is -5.06. The molecule has 0 spiro atoms. The first-order valence-electron chi connectivity index (χ1n) is 10.5. The topological polar surface area (TPSA) is 112 Å². The number of ether oxygens (including phenoxy) is 1. The molecule has 8 nitrogen and oxygen atoms in total. The smallest absolute Gasteiger partial charge is 0.263 e. The summed E-state index contributed by atoms with van der Waals surface area (Å²) in [5.74, 6) is -3.19. The van der Waals surface area contributed by atoms with Crippen LogP contribution in [0.15, 0.2) is 78.0 Å². The summed E-state index contributed by atoms with van der Waals surface area (Å²) in [4.78, 5) is 35.0. The number of aromatic amines is 2. The Kier molecular flexibility index (Phi) is 5.87. The summed E-state index contributed by atoms with van der Waals surface area (Å²) in [5, 5.41) is 5.69. The Labute approximate surface area is 200 Å². The lowest BCUT2D eigenvalue weighted by Crippen LogP contribution is -2.23. The Morgan fingerprint density at radius 1 is 0.889 bits per heavy atom. The Balaban J connectivity index is 1.39. The maximum Gasteiger partial charge on any atom is 0.263 e. The first kappa shape index (κ1) is 22.7. The predicted molar refractivity (Wildman–Crippen MR) is 127 cm³/mol. The lowest BCUT2D eigenvalue weighted by atomic mass is 10.2. The molecule has 0 fully saturated rings. The first-order chi connectivity index (χ1) is 17.4. The highest BCUT2D eigenvalue weighted by Crippen LogP contribution is 2.31. The van der Waals surface area contributed by atoms with Crippen LogP contribution in [0.4, 0.5) is 30.4 Å². The number of rotatable bonds is 6. The van der Waals surface area contributed by atoms with Gasteiger partial charge < -0.3 is 25.3 Å². The third-order valence-electron chi connectivity index (χ3n) is 5.21. The largest absolute Gasteiger partial charge is 0.453 e. The molecule has 0 bridgehead atoms. The maximum absolute atomic E-state index is 14.9. The van der Waals surface area contributed by atoms with Crippen LogP contribution in [0.25, 0.3) is 11.0 Å². The number of hydrogen-bond acceptors (Lipinski definition) is 5. The quantitative estimate of drug-likeness (QED) is 0.252. The first-order valence-corrected chi connectivity index (χ1v) is 10.5. The molecular formula is C25H16F3N5O3. The van der Waals surface area contributed by atoms with Crippen molar-refractivity contribution in [3.63, 3.8) is 0 Å². The van der Waals surface area contributed by atoms with Gasteiger partial charge in [0.15, 0.2) is 17.0 Å². The number of halogens is 3. The number of H-pyrrole nitrogens is 2. The number of aromatic nitrogens is 3. The monoisotopic (exact) mass is 491 g/mol. The lowest BCUT2D eigenvalue weighted by Gasteiger charge is -2.13. The number of fused-ring (bicyclic) bond motifs is 1. The van der Waals surface area contributed by atoms with Crippen molar-refractivity contribution in [1.82, 2.24) is 15.0 Å². The summed E-state index contributed by atoms with van der Waals surface area (Å²) in [6, 6.07) is 11.0. The van der Waals surface area contributed by atoms with E-state index in [1.165, 1.54) is 24.5 Å². The van der Waals surface area contributed by atoms with E-state index in [2.05, 4.69) is 25.6 Å². The minimum absolute atomic E-state index is 0.0550. The summed E-state index contributed by atoms with van der Waals surface area (Å²) in [7, 11) is 0. The highest BCUT2D eigenvalue weighted by Gasteiger charge is 2.19. The summed E-state index contributed by atoms with van der Waals surface area (Å²) in [6.07, 6.45) is 4.50. The zero-order valence-corrected chi connectivity index (χ0v) is 18.2. The Bertz CT molecular complexity index is 1660. The number of hydrogen-bond donors (Lipinski definition) is 4. The summed E-state index contributed by atoms with van der Waals surface area (Å²) < 4.78 is 47.7. The standard InChI is InChI=1S/C25H16F3N5O3/c26-13-1-3-18(16(27)11-13)33-25(35)22-19(34)6-9-31-24(22)32-14-2-4-21(17(28)12-14)36-20-7-10-30-23-15(20)5-8-29-23/h1-12H,(H,29,30)(H,33,35)(H2,31,32,34). The molecule has 36 heavy (non-hydrogen) atoms. The lowest BCUT2D eigenvalue weighted by molar-refractivity contribution is 0.102. The van der Waals surface area contributed by atoms with Gasteiger partial charge in [0.1, 0.15) is 34.4 Å². The van der Waals surface area contributed by atoms with E-state index in [0.29, 0.717) is 22.8 Å². The third-order valence-corrected chi connectivity index (χ3v) is 5.21. The molecule has 5 aromatic rings. The van der Waals surface area contributed by atoms with Gasteiger partial charge in [0.05, 0.1) is 11.1 Å². The van der Waals surface area contributed by atoms with Crippen LogP contribution in [-0.2, 0) is 0 Å². The molecule has 1 amide bonds. The van der Waals surface area contributed by atoms with Crippen molar-refractivity contribution in [2.75, 3.05) is 10.6 Å². The Morgan fingerprint density at radius 3 is 2.53 bits per heavy atom. The van der Waals surface area contributed by atoms with Crippen molar-refractivity contribution in [2.24, 2.45) is 0 Å². The Morgan fingerprint density at radius 2 is 1.72 bits per heavy atom. The molecule has 180 valence electrons. The number of carbonyl (C=O) groups excluding carboxylic acids is 1. The minimum Gasteiger partial charge on any atom is -0.453 e. The van der Waals surface area contributed by atoms with Crippen molar-refractivity contribution in [3.05, 3.63) is 106 Å². The van der Waals surface area contributed by atoms with Gasteiger partial charge in [-0.2, -0.15) is 0 Å². The molecule has 4 N–H and O–H groups in total. The van der Waals surface area contributed by atoms with Crippen molar-refractivity contribution in [2.45, 2.75) is 0 Å². The fraction of sp³-hybridized carbons (Fsp3) is 0. The number of amides is 1. The zero-order valence-electron chi connectivity index (χ0n) is 18.2. The van der Waals surface area contributed by atoms with E-state index in [1.807, 2.05) is 0 Å². The van der Waals surface area contributed by atoms with Gasteiger partial charge in [0.2, 0.25) is 0 Å². The van der Waals surface area contributed by atoms with E-state index in [0.717, 1.165) is 24.3 Å². The molecule has 0 aliphatic carbocycles. The number of nitrogens with zero attached hydrogens (tertiary/aromatic N) is 1. The second-order valence-electron chi connectivity index (χ2n) is 7.59. The summed E-state index contributed by atoms with van der Waals surface area (Å²) in [5.41, 5.74) is -0.579. The van der Waals surface area contributed by atoms with Gasteiger partial charge in [-0.25, -0.2) is 18.2 Å². The van der Waals surface area contributed by atoms with E-state index in [-0.39, 0.29) is 28.5 Å². The van der Waals surface area contributed by atoms with Crippen LogP contribution in [0.3, 0.4) is 0 Å². The third kappa shape index (κ3) is 4.49.